The fraction of sp³-hybridized carbons (Fsp3) is 0.409. The van der Waals surface area contributed by atoms with Crippen molar-refractivity contribution in [2.75, 3.05) is 34.8 Å². The summed E-state index contributed by atoms with van der Waals surface area (Å²) in [6.07, 6.45) is -2.71. The van der Waals surface area contributed by atoms with E-state index >= 15 is 0 Å². The minimum Gasteiger partial charge on any atom is -0.482 e. The van der Waals surface area contributed by atoms with Crippen molar-refractivity contribution < 1.29 is 37.4 Å². The molecule has 4 rings (SSSR count). The SMILES string of the molecule is C[C@@H](NC(=O)c1ccc2c(n1)N(C(=O)Nc1cc(OCC(=O)O)ccn1)C1(C)CCN2C1)C(F)(F)F. The molecule has 14 heteroatoms. The fourth-order valence-corrected chi connectivity index (χ4v) is 4.14. The minimum absolute atomic E-state index is 0.0846. The van der Waals surface area contributed by atoms with Gasteiger partial charge in [0.15, 0.2) is 12.4 Å². The molecule has 0 saturated carbocycles. The van der Waals surface area contributed by atoms with Gasteiger partial charge in [0, 0.05) is 25.4 Å². The molecule has 3 N–H and O–H groups in total. The summed E-state index contributed by atoms with van der Waals surface area (Å²) in [5.41, 5.74) is -0.418. The van der Waals surface area contributed by atoms with E-state index in [1.165, 1.54) is 29.3 Å². The molecule has 0 spiro atoms. The summed E-state index contributed by atoms with van der Waals surface area (Å²) in [5, 5.41) is 13.3. The number of alkyl halides is 3. The van der Waals surface area contributed by atoms with Gasteiger partial charge in [0.25, 0.3) is 5.91 Å². The molecule has 2 aromatic rings. The highest BCUT2D eigenvalue weighted by molar-refractivity contribution is 6.05. The average Bonchev–Trinajstić information content (AvgIpc) is 3.14. The molecular formula is C22H23F3N6O5. The second-order valence-corrected chi connectivity index (χ2v) is 8.77. The Morgan fingerprint density at radius 2 is 2.03 bits per heavy atom. The molecule has 4 heterocycles. The number of anilines is 3. The number of carbonyl (C=O) groups excluding carboxylic acids is 2. The molecule has 3 amide bonds. The predicted molar refractivity (Wildman–Crippen MR) is 121 cm³/mol. The summed E-state index contributed by atoms with van der Waals surface area (Å²) >= 11 is 0. The summed E-state index contributed by atoms with van der Waals surface area (Å²) < 4.78 is 43.8. The fourth-order valence-electron chi connectivity index (χ4n) is 4.14. The van der Waals surface area contributed by atoms with Crippen LogP contribution in [0.15, 0.2) is 30.5 Å². The van der Waals surface area contributed by atoms with Crippen LogP contribution in [0.25, 0.3) is 0 Å². The Hall–Kier alpha value is -4.10. The molecule has 11 nitrogen and oxygen atoms in total. The molecule has 2 bridgehead atoms. The van der Waals surface area contributed by atoms with Crippen molar-refractivity contribution in [2.45, 2.75) is 38.0 Å². The Morgan fingerprint density at radius 3 is 2.72 bits per heavy atom. The van der Waals surface area contributed by atoms with Crippen LogP contribution >= 0.6 is 0 Å². The molecule has 0 aromatic carbocycles. The number of nitrogens with zero attached hydrogens (tertiary/aromatic N) is 4. The summed E-state index contributed by atoms with van der Waals surface area (Å²) in [5.74, 6) is -1.80. The zero-order chi connectivity index (χ0) is 26.3. The van der Waals surface area contributed by atoms with E-state index in [2.05, 4.69) is 15.3 Å². The topological polar surface area (TPSA) is 137 Å². The number of ether oxygens (including phenoxy) is 1. The molecular weight excluding hydrogens is 485 g/mol. The lowest BCUT2D eigenvalue weighted by Crippen LogP contribution is -2.56. The molecule has 1 fully saturated rings. The number of carboxylic acids is 1. The van der Waals surface area contributed by atoms with Crippen LogP contribution in [0, 0.1) is 0 Å². The summed E-state index contributed by atoms with van der Waals surface area (Å²) in [6, 6.07) is 2.95. The zero-order valence-corrected chi connectivity index (χ0v) is 19.3. The number of aromatic nitrogens is 2. The molecule has 1 unspecified atom stereocenters. The van der Waals surface area contributed by atoms with E-state index in [1.54, 1.807) is 6.07 Å². The van der Waals surface area contributed by atoms with Crippen LogP contribution in [0.2, 0.25) is 0 Å². The van der Waals surface area contributed by atoms with Gasteiger partial charge in [0.1, 0.15) is 23.3 Å². The van der Waals surface area contributed by atoms with Crippen LogP contribution in [0.3, 0.4) is 0 Å². The number of hydrogen-bond donors (Lipinski definition) is 3. The molecule has 0 aliphatic carbocycles. The van der Waals surface area contributed by atoms with Gasteiger partial charge in [-0.1, -0.05) is 0 Å². The Bertz CT molecular complexity index is 1210. The van der Waals surface area contributed by atoms with Gasteiger partial charge in [-0.25, -0.2) is 19.6 Å². The number of amides is 3. The standard InChI is InChI=1S/C22H23F3N6O5/c1-12(22(23,24)25)27-19(34)14-3-4-15-18(28-14)31(21(2)6-8-30(15)11-21)20(35)29-16-9-13(5-7-26-16)36-10-17(32)33/h3-5,7,9,12H,6,8,10-11H2,1-2H3,(H,27,34)(H,32,33)(H,26,29,35)/t12-,21?/m1/s1. The van der Waals surface area contributed by atoms with Crippen molar-refractivity contribution in [3.63, 3.8) is 0 Å². The molecule has 192 valence electrons. The van der Waals surface area contributed by atoms with Crippen LogP contribution in [-0.4, -0.2) is 70.4 Å². The molecule has 2 aliphatic rings. The molecule has 36 heavy (non-hydrogen) atoms. The van der Waals surface area contributed by atoms with E-state index in [-0.39, 0.29) is 23.1 Å². The molecule has 2 aromatic heterocycles. The third kappa shape index (κ3) is 4.97. The maximum Gasteiger partial charge on any atom is 0.408 e. The van der Waals surface area contributed by atoms with Crippen molar-refractivity contribution >= 4 is 35.2 Å². The summed E-state index contributed by atoms with van der Waals surface area (Å²) in [4.78, 5) is 48.4. The monoisotopic (exact) mass is 508 g/mol. The number of rotatable bonds is 6. The van der Waals surface area contributed by atoms with Crippen LogP contribution < -0.4 is 25.2 Å². The van der Waals surface area contributed by atoms with Gasteiger partial charge < -0.3 is 20.1 Å². The molecule has 2 atom stereocenters. The van der Waals surface area contributed by atoms with Gasteiger partial charge in [-0.05, 0) is 38.5 Å². The van der Waals surface area contributed by atoms with Crippen LogP contribution in [-0.2, 0) is 4.79 Å². The van der Waals surface area contributed by atoms with Crippen LogP contribution in [0.5, 0.6) is 5.75 Å². The average molecular weight is 508 g/mol. The minimum atomic E-state index is -4.62. The van der Waals surface area contributed by atoms with Crippen molar-refractivity contribution in [1.82, 2.24) is 15.3 Å². The van der Waals surface area contributed by atoms with Gasteiger partial charge in [0.2, 0.25) is 0 Å². The third-order valence-electron chi connectivity index (χ3n) is 6.00. The number of nitrogens with one attached hydrogen (secondary N) is 2. The number of carbonyl (C=O) groups is 3. The number of urea groups is 1. The lowest BCUT2D eigenvalue weighted by Gasteiger charge is -2.42. The van der Waals surface area contributed by atoms with Crippen molar-refractivity contribution in [1.29, 1.82) is 0 Å². The zero-order valence-electron chi connectivity index (χ0n) is 19.3. The highest BCUT2D eigenvalue weighted by atomic mass is 19.4. The number of hydrogen-bond acceptors (Lipinski definition) is 7. The van der Waals surface area contributed by atoms with E-state index in [0.29, 0.717) is 25.2 Å². The van der Waals surface area contributed by atoms with E-state index in [1.807, 2.05) is 17.1 Å². The van der Waals surface area contributed by atoms with E-state index < -0.39 is 42.3 Å². The Kier molecular flexibility index (Phi) is 6.37. The molecule has 2 aliphatic heterocycles. The second-order valence-electron chi connectivity index (χ2n) is 8.77. The lowest BCUT2D eigenvalue weighted by atomic mass is 9.97. The highest BCUT2D eigenvalue weighted by Gasteiger charge is 2.49. The van der Waals surface area contributed by atoms with Gasteiger partial charge in [-0.15, -0.1) is 0 Å². The normalized spacial score (nSPS) is 19.4. The van der Waals surface area contributed by atoms with Gasteiger partial charge >= 0.3 is 18.2 Å². The first-order valence-electron chi connectivity index (χ1n) is 10.9. The van der Waals surface area contributed by atoms with E-state index in [0.717, 1.165) is 6.92 Å². The number of aliphatic carboxylic acids is 1. The second kappa shape index (κ2) is 9.17. The number of pyridine rings is 2. The van der Waals surface area contributed by atoms with Crippen molar-refractivity contribution in [2.24, 2.45) is 0 Å². The number of halogens is 3. The first-order chi connectivity index (χ1) is 16.9. The number of carboxylic acid groups (broad SMARTS) is 1. The first-order valence-corrected chi connectivity index (χ1v) is 10.9. The quantitative estimate of drug-likeness (QED) is 0.542. The van der Waals surface area contributed by atoms with Crippen molar-refractivity contribution in [3.05, 3.63) is 36.2 Å². The molecule has 1 saturated heterocycles. The lowest BCUT2D eigenvalue weighted by molar-refractivity contribution is -0.149. The van der Waals surface area contributed by atoms with Crippen LogP contribution in [0.1, 0.15) is 30.8 Å². The maximum atomic E-state index is 13.4. The third-order valence-corrected chi connectivity index (χ3v) is 6.00. The Balaban J connectivity index is 1.62. The highest BCUT2D eigenvalue weighted by Crippen LogP contribution is 2.44. The van der Waals surface area contributed by atoms with Gasteiger partial charge in [-0.2, -0.15) is 13.2 Å². The van der Waals surface area contributed by atoms with Gasteiger partial charge in [0.05, 0.1) is 11.2 Å². The maximum absolute atomic E-state index is 13.4. The molecule has 0 radical (unpaired) electrons. The van der Waals surface area contributed by atoms with Crippen LogP contribution in [0.4, 0.5) is 35.3 Å². The Morgan fingerprint density at radius 1 is 1.28 bits per heavy atom. The summed E-state index contributed by atoms with van der Waals surface area (Å²) in [7, 11) is 0. The largest absolute Gasteiger partial charge is 0.482 e. The smallest absolute Gasteiger partial charge is 0.408 e. The Labute approximate surface area is 203 Å². The summed E-state index contributed by atoms with van der Waals surface area (Å²) in [6.45, 7) is 3.19. The number of fused-ring (bicyclic) bond motifs is 4. The first kappa shape index (κ1) is 25.0. The van der Waals surface area contributed by atoms with E-state index in [9.17, 15) is 27.6 Å². The van der Waals surface area contributed by atoms with Gasteiger partial charge in [-0.3, -0.25) is 15.0 Å². The van der Waals surface area contributed by atoms with E-state index in [4.69, 9.17) is 9.84 Å². The predicted octanol–water partition coefficient (Wildman–Crippen LogP) is 2.64. The van der Waals surface area contributed by atoms with Crippen molar-refractivity contribution in [3.8, 4) is 5.75 Å².